The summed E-state index contributed by atoms with van der Waals surface area (Å²) < 4.78 is 2.01. The summed E-state index contributed by atoms with van der Waals surface area (Å²) in [4.78, 5) is 13.3. The summed E-state index contributed by atoms with van der Waals surface area (Å²) >= 11 is 0. The molecule has 1 atom stereocenters. The number of rotatable bonds is 5. The summed E-state index contributed by atoms with van der Waals surface area (Å²) in [5.74, 6) is 0.180. The number of likely N-dealkylation sites (tertiary alicyclic amines) is 1. The van der Waals surface area contributed by atoms with Gasteiger partial charge in [0.05, 0.1) is 5.69 Å². The first-order chi connectivity index (χ1) is 9.56. The Hall–Kier alpha value is -1.36. The van der Waals surface area contributed by atoms with Crippen LogP contribution in [-0.2, 0) is 31.2 Å². The van der Waals surface area contributed by atoms with E-state index in [-0.39, 0.29) is 5.91 Å². The lowest BCUT2D eigenvalue weighted by Gasteiger charge is -2.15. The smallest absolute Gasteiger partial charge is 0.219 e. The summed E-state index contributed by atoms with van der Waals surface area (Å²) in [5, 5.41) is 8.20. The van der Waals surface area contributed by atoms with E-state index in [0.29, 0.717) is 6.04 Å². The molecule has 1 amide bonds. The average Bonchev–Trinajstić information content (AvgIpc) is 3.00. The number of carbonyl (C=O) groups excluding carboxylic acids is 1. The predicted molar refractivity (Wildman–Crippen MR) is 79.5 cm³/mol. The van der Waals surface area contributed by atoms with Crippen molar-refractivity contribution in [3.63, 3.8) is 0 Å². The van der Waals surface area contributed by atoms with Gasteiger partial charge in [0.1, 0.15) is 0 Å². The van der Waals surface area contributed by atoms with E-state index in [1.165, 1.54) is 17.0 Å². The molecule has 112 valence electrons. The molecule has 1 N–H and O–H groups in total. The number of nitrogens with one attached hydrogen (secondary N) is 1. The molecule has 1 aliphatic heterocycles. The van der Waals surface area contributed by atoms with Gasteiger partial charge in [-0.3, -0.25) is 9.48 Å². The van der Waals surface area contributed by atoms with Crippen molar-refractivity contribution in [2.75, 3.05) is 13.1 Å². The van der Waals surface area contributed by atoms with Gasteiger partial charge in [-0.1, -0.05) is 13.8 Å². The lowest BCUT2D eigenvalue weighted by Crippen LogP contribution is -2.34. The molecule has 0 spiro atoms. The summed E-state index contributed by atoms with van der Waals surface area (Å²) in [7, 11) is 2.02. The molecule has 0 radical (unpaired) electrons. The highest BCUT2D eigenvalue weighted by atomic mass is 16.2. The first-order valence-electron chi connectivity index (χ1n) is 7.59. The maximum absolute atomic E-state index is 11.4. The molecule has 20 heavy (non-hydrogen) atoms. The van der Waals surface area contributed by atoms with E-state index in [9.17, 15) is 4.79 Å². The molecule has 0 bridgehead atoms. The number of amides is 1. The largest absolute Gasteiger partial charge is 0.341 e. The topological polar surface area (TPSA) is 50.2 Å². The minimum atomic E-state index is 0.180. The molecule has 2 rings (SSSR count). The highest BCUT2D eigenvalue weighted by molar-refractivity contribution is 5.73. The fourth-order valence-corrected chi connectivity index (χ4v) is 3.05. The number of nitrogens with zero attached hydrogens (tertiary/aromatic N) is 3. The summed E-state index contributed by atoms with van der Waals surface area (Å²) in [5.41, 5.74) is 3.85. The van der Waals surface area contributed by atoms with Gasteiger partial charge in [0.25, 0.3) is 0 Å². The van der Waals surface area contributed by atoms with E-state index in [0.717, 1.165) is 38.9 Å². The fraction of sp³-hybridized carbons (Fsp3) is 0.733. The maximum atomic E-state index is 11.4. The number of aryl methyl sites for hydroxylation is 2. The summed E-state index contributed by atoms with van der Waals surface area (Å²) in [6.45, 7) is 8.54. The number of carbonyl (C=O) groups is 1. The fourth-order valence-electron chi connectivity index (χ4n) is 3.05. The summed E-state index contributed by atoms with van der Waals surface area (Å²) in [6, 6.07) is 0.411. The number of aromatic nitrogens is 2. The van der Waals surface area contributed by atoms with Crippen molar-refractivity contribution < 1.29 is 4.79 Å². The Balaban J connectivity index is 1.99. The number of hydrogen-bond acceptors (Lipinski definition) is 3. The van der Waals surface area contributed by atoms with Gasteiger partial charge in [0, 0.05) is 50.9 Å². The lowest BCUT2D eigenvalue weighted by molar-refractivity contribution is -0.127. The van der Waals surface area contributed by atoms with Crippen LogP contribution in [0.3, 0.4) is 0 Å². The quantitative estimate of drug-likeness (QED) is 0.882. The minimum absolute atomic E-state index is 0.180. The molecule has 1 fully saturated rings. The minimum Gasteiger partial charge on any atom is -0.341 e. The molecule has 2 heterocycles. The second-order valence-corrected chi connectivity index (χ2v) is 5.53. The number of hydrogen-bond donors (Lipinski definition) is 1. The van der Waals surface area contributed by atoms with Gasteiger partial charge in [-0.2, -0.15) is 5.10 Å². The van der Waals surface area contributed by atoms with Crippen LogP contribution in [0.2, 0.25) is 0 Å². The third-order valence-electron chi connectivity index (χ3n) is 4.23. The van der Waals surface area contributed by atoms with Crippen molar-refractivity contribution in [3.05, 3.63) is 17.0 Å². The van der Waals surface area contributed by atoms with E-state index in [2.05, 4.69) is 24.3 Å². The molecular formula is C15H26N4O. The highest BCUT2D eigenvalue weighted by Crippen LogP contribution is 2.17. The Morgan fingerprint density at radius 3 is 2.70 bits per heavy atom. The highest BCUT2D eigenvalue weighted by Gasteiger charge is 2.24. The van der Waals surface area contributed by atoms with Crippen molar-refractivity contribution in [1.29, 1.82) is 0 Å². The van der Waals surface area contributed by atoms with Crippen molar-refractivity contribution in [3.8, 4) is 0 Å². The van der Waals surface area contributed by atoms with E-state index in [1.54, 1.807) is 6.92 Å². The zero-order valence-electron chi connectivity index (χ0n) is 13.1. The van der Waals surface area contributed by atoms with E-state index in [1.807, 2.05) is 16.6 Å². The van der Waals surface area contributed by atoms with E-state index >= 15 is 0 Å². The third kappa shape index (κ3) is 3.03. The zero-order valence-corrected chi connectivity index (χ0v) is 13.1. The monoisotopic (exact) mass is 278 g/mol. The first-order valence-corrected chi connectivity index (χ1v) is 7.59. The maximum Gasteiger partial charge on any atom is 0.219 e. The third-order valence-corrected chi connectivity index (χ3v) is 4.23. The molecule has 0 aromatic carbocycles. The second-order valence-electron chi connectivity index (χ2n) is 5.53. The van der Waals surface area contributed by atoms with E-state index in [4.69, 9.17) is 0 Å². The molecule has 1 aliphatic rings. The van der Waals surface area contributed by atoms with Crippen LogP contribution in [0.4, 0.5) is 0 Å². The SMILES string of the molecule is CCc1nn(C)c(CC)c1CN[C@@H]1CCN(C(C)=O)C1. The second kappa shape index (κ2) is 6.39. The summed E-state index contributed by atoms with van der Waals surface area (Å²) in [6.07, 6.45) is 3.02. The standard InChI is InChI=1S/C15H26N4O/c1-5-14-13(15(6-2)18(4)17-14)9-16-12-7-8-19(10-12)11(3)20/h12,16H,5-10H2,1-4H3/t12-/m1/s1. The Bertz CT molecular complexity index is 480. The van der Waals surface area contributed by atoms with Crippen LogP contribution in [0.5, 0.6) is 0 Å². The normalized spacial score (nSPS) is 18.8. The van der Waals surface area contributed by atoms with Crippen molar-refractivity contribution in [1.82, 2.24) is 20.0 Å². The molecule has 5 nitrogen and oxygen atoms in total. The van der Waals surface area contributed by atoms with Crippen molar-refractivity contribution >= 4 is 5.91 Å². The molecule has 0 saturated carbocycles. The van der Waals surface area contributed by atoms with Gasteiger partial charge < -0.3 is 10.2 Å². The molecule has 1 aromatic heterocycles. The Kier molecular flexibility index (Phi) is 4.81. The van der Waals surface area contributed by atoms with Crippen LogP contribution >= 0.6 is 0 Å². The molecule has 1 aromatic rings. The van der Waals surface area contributed by atoms with Crippen LogP contribution in [-0.4, -0.2) is 39.7 Å². The van der Waals surface area contributed by atoms with E-state index < -0.39 is 0 Å². The van der Waals surface area contributed by atoms with Crippen LogP contribution in [0, 0.1) is 0 Å². The van der Waals surface area contributed by atoms with Gasteiger partial charge in [-0.25, -0.2) is 0 Å². The van der Waals surface area contributed by atoms with Gasteiger partial charge in [0.15, 0.2) is 0 Å². The lowest BCUT2D eigenvalue weighted by atomic mass is 10.1. The molecule has 1 saturated heterocycles. The van der Waals surface area contributed by atoms with Crippen LogP contribution < -0.4 is 5.32 Å². The zero-order chi connectivity index (χ0) is 14.7. The van der Waals surface area contributed by atoms with Crippen molar-refractivity contribution in [2.24, 2.45) is 7.05 Å². The van der Waals surface area contributed by atoms with Crippen LogP contribution in [0.15, 0.2) is 0 Å². The molecular weight excluding hydrogens is 252 g/mol. The van der Waals surface area contributed by atoms with Crippen LogP contribution in [0.1, 0.15) is 44.1 Å². The molecule has 5 heteroatoms. The molecule has 0 unspecified atom stereocenters. The molecule has 0 aliphatic carbocycles. The van der Waals surface area contributed by atoms with Crippen molar-refractivity contribution in [2.45, 2.75) is 52.6 Å². The van der Waals surface area contributed by atoms with Crippen LogP contribution in [0.25, 0.3) is 0 Å². The Morgan fingerprint density at radius 1 is 1.40 bits per heavy atom. The van der Waals surface area contributed by atoms with Gasteiger partial charge in [-0.15, -0.1) is 0 Å². The first kappa shape index (κ1) is 15.0. The van der Waals surface area contributed by atoms with Gasteiger partial charge >= 0.3 is 0 Å². The predicted octanol–water partition coefficient (Wildman–Crippen LogP) is 1.26. The van der Waals surface area contributed by atoms with Gasteiger partial charge in [0.2, 0.25) is 5.91 Å². The van der Waals surface area contributed by atoms with Gasteiger partial charge in [-0.05, 0) is 19.3 Å². The Morgan fingerprint density at radius 2 is 2.15 bits per heavy atom. The average molecular weight is 278 g/mol. The Labute approximate surface area is 121 Å².